The van der Waals surface area contributed by atoms with Crippen LogP contribution in [-0.4, -0.2) is 15.7 Å². The van der Waals surface area contributed by atoms with Gasteiger partial charge in [-0.3, -0.25) is 9.48 Å². The van der Waals surface area contributed by atoms with Gasteiger partial charge in [-0.05, 0) is 31.5 Å². The monoisotopic (exact) mass is 336 g/mol. The molecule has 0 fully saturated rings. The van der Waals surface area contributed by atoms with Gasteiger partial charge in [0, 0.05) is 40.6 Å². The molecular formula is C14H17BrN4O. The van der Waals surface area contributed by atoms with Gasteiger partial charge in [0.15, 0.2) is 0 Å². The van der Waals surface area contributed by atoms with Crippen molar-refractivity contribution < 1.29 is 4.79 Å². The molecule has 0 bridgehead atoms. The van der Waals surface area contributed by atoms with Gasteiger partial charge in [0.2, 0.25) is 0 Å². The zero-order valence-corrected chi connectivity index (χ0v) is 13.3. The third-order valence-electron chi connectivity index (χ3n) is 3.43. The molecule has 6 heteroatoms. The van der Waals surface area contributed by atoms with Gasteiger partial charge in [0.1, 0.15) is 0 Å². The number of nitrogen functional groups attached to an aromatic ring is 1. The van der Waals surface area contributed by atoms with Crippen LogP contribution in [0.25, 0.3) is 0 Å². The number of rotatable bonds is 3. The van der Waals surface area contributed by atoms with E-state index >= 15 is 0 Å². The van der Waals surface area contributed by atoms with Crippen LogP contribution in [0.5, 0.6) is 0 Å². The minimum Gasteiger partial charge on any atom is -0.398 e. The van der Waals surface area contributed by atoms with Gasteiger partial charge in [0.25, 0.3) is 5.91 Å². The first-order chi connectivity index (χ1) is 9.40. The minimum absolute atomic E-state index is 0.140. The van der Waals surface area contributed by atoms with Crippen LogP contribution in [0.2, 0.25) is 0 Å². The summed E-state index contributed by atoms with van der Waals surface area (Å²) in [5.74, 6) is -0.140. The van der Waals surface area contributed by atoms with Gasteiger partial charge >= 0.3 is 0 Å². The molecular weight excluding hydrogens is 320 g/mol. The first-order valence-corrected chi connectivity index (χ1v) is 7.00. The van der Waals surface area contributed by atoms with Crippen molar-refractivity contribution in [1.29, 1.82) is 0 Å². The van der Waals surface area contributed by atoms with E-state index in [1.165, 1.54) is 0 Å². The second-order valence-corrected chi connectivity index (χ2v) is 5.64. The summed E-state index contributed by atoms with van der Waals surface area (Å²) in [4.78, 5) is 12.2. The van der Waals surface area contributed by atoms with E-state index in [0.717, 1.165) is 21.3 Å². The SMILES string of the molecule is Cc1c(N)cc(Br)cc1C(=O)NCc1cnn(C)c1C. The number of anilines is 1. The minimum atomic E-state index is -0.140. The summed E-state index contributed by atoms with van der Waals surface area (Å²) < 4.78 is 2.58. The molecule has 0 aliphatic carbocycles. The van der Waals surface area contributed by atoms with Gasteiger partial charge in [-0.25, -0.2) is 0 Å². The molecule has 0 spiro atoms. The average molecular weight is 337 g/mol. The fraction of sp³-hybridized carbons (Fsp3) is 0.286. The van der Waals surface area contributed by atoms with Crippen molar-refractivity contribution in [3.63, 3.8) is 0 Å². The Hall–Kier alpha value is -1.82. The van der Waals surface area contributed by atoms with E-state index in [-0.39, 0.29) is 5.91 Å². The number of nitrogens with one attached hydrogen (secondary N) is 1. The average Bonchev–Trinajstić information content (AvgIpc) is 2.71. The maximum atomic E-state index is 12.2. The van der Waals surface area contributed by atoms with Crippen molar-refractivity contribution >= 4 is 27.5 Å². The highest BCUT2D eigenvalue weighted by Gasteiger charge is 2.13. The molecule has 0 radical (unpaired) electrons. The fourth-order valence-corrected chi connectivity index (χ4v) is 2.40. The fourth-order valence-electron chi connectivity index (χ4n) is 1.92. The number of hydrogen-bond donors (Lipinski definition) is 2. The number of carbonyl (C=O) groups is 1. The molecule has 0 saturated carbocycles. The number of nitrogens with two attached hydrogens (primary N) is 1. The third kappa shape index (κ3) is 2.85. The highest BCUT2D eigenvalue weighted by Crippen LogP contribution is 2.22. The van der Waals surface area contributed by atoms with Crippen LogP contribution >= 0.6 is 15.9 Å². The van der Waals surface area contributed by atoms with E-state index in [4.69, 9.17) is 5.73 Å². The number of carbonyl (C=O) groups excluding carboxylic acids is 1. The van der Waals surface area contributed by atoms with Crippen LogP contribution in [0.1, 0.15) is 27.2 Å². The number of aryl methyl sites for hydroxylation is 1. The van der Waals surface area contributed by atoms with E-state index in [0.29, 0.717) is 17.8 Å². The lowest BCUT2D eigenvalue weighted by Crippen LogP contribution is -2.24. The Morgan fingerprint density at radius 3 is 2.75 bits per heavy atom. The van der Waals surface area contributed by atoms with Crippen LogP contribution in [0.15, 0.2) is 22.8 Å². The quantitative estimate of drug-likeness (QED) is 0.844. The largest absolute Gasteiger partial charge is 0.398 e. The molecule has 5 nitrogen and oxygen atoms in total. The topological polar surface area (TPSA) is 72.9 Å². The highest BCUT2D eigenvalue weighted by molar-refractivity contribution is 9.10. The van der Waals surface area contributed by atoms with E-state index in [1.54, 1.807) is 23.0 Å². The van der Waals surface area contributed by atoms with Crippen LogP contribution in [0.3, 0.4) is 0 Å². The molecule has 0 aliphatic heterocycles. The van der Waals surface area contributed by atoms with E-state index in [2.05, 4.69) is 26.3 Å². The summed E-state index contributed by atoms with van der Waals surface area (Å²) in [7, 11) is 1.87. The number of nitrogens with zero attached hydrogens (tertiary/aromatic N) is 2. The molecule has 1 aromatic heterocycles. The predicted molar refractivity (Wildman–Crippen MR) is 82.4 cm³/mol. The Morgan fingerprint density at radius 1 is 1.45 bits per heavy atom. The lowest BCUT2D eigenvalue weighted by molar-refractivity contribution is 0.0950. The maximum Gasteiger partial charge on any atom is 0.251 e. The van der Waals surface area contributed by atoms with Crippen molar-refractivity contribution in [2.24, 2.45) is 7.05 Å². The van der Waals surface area contributed by atoms with Gasteiger partial charge in [-0.15, -0.1) is 0 Å². The zero-order chi connectivity index (χ0) is 14.9. The van der Waals surface area contributed by atoms with E-state index < -0.39 is 0 Å². The summed E-state index contributed by atoms with van der Waals surface area (Å²) in [5, 5.41) is 7.05. The predicted octanol–water partition coefficient (Wildman–Crippen LogP) is 2.31. The Kier molecular flexibility index (Phi) is 4.13. The number of aromatic nitrogens is 2. The molecule has 2 aromatic rings. The molecule has 2 rings (SSSR count). The van der Waals surface area contributed by atoms with Crippen molar-refractivity contribution in [3.05, 3.63) is 45.2 Å². The summed E-state index contributed by atoms with van der Waals surface area (Å²) in [6.07, 6.45) is 1.76. The molecule has 20 heavy (non-hydrogen) atoms. The normalized spacial score (nSPS) is 10.6. The number of amides is 1. The summed E-state index contributed by atoms with van der Waals surface area (Å²) in [5.41, 5.74) is 9.88. The molecule has 1 heterocycles. The van der Waals surface area contributed by atoms with Crippen molar-refractivity contribution in [2.75, 3.05) is 5.73 Å². The first-order valence-electron chi connectivity index (χ1n) is 6.21. The number of halogens is 1. The second kappa shape index (κ2) is 5.66. The van der Waals surface area contributed by atoms with Crippen LogP contribution < -0.4 is 11.1 Å². The van der Waals surface area contributed by atoms with Crippen molar-refractivity contribution in [1.82, 2.24) is 15.1 Å². The lowest BCUT2D eigenvalue weighted by atomic mass is 10.1. The molecule has 106 valence electrons. The highest BCUT2D eigenvalue weighted by atomic mass is 79.9. The Labute approximate surface area is 126 Å². The van der Waals surface area contributed by atoms with E-state index in [9.17, 15) is 4.79 Å². The molecule has 0 unspecified atom stereocenters. The smallest absolute Gasteiger partial charge is 0.251 e. The summed E-state index contributed by atoms with van der Waals surface area (Å²) in [6, 6.07) is 3.56. The van der Waals surface area contributed by atoms with E-state index in [1.807, 2.05) is 20.9 Å². The van der Waals surface area contributed by atoms with Gasteiger partial charge in [-0.2, -0.15) is 5.10 Å². The summed E-state index contributed by atoms with van der Waals surface area (Å²) in [6.45, 7) is 4.26. The molecule has 1 aromatic carbocycles. The molecule has 1 amide bonds. The van der Waals surface area contributed by atoms with Gasteiger partial charge in [0.05, 0.1) is 6.20 Å². The number of benzene rings is 1. The van der Waals surface area contributed by atoms with Crippen LogP contribution in [0.4, 0.5) is 5.69 Å². The van der Waals surface area contributed by atoms with Gasteiger partial charge in [-0.1, -0.05) is 15.9 Å². The third-order valence-corrected chi connectivity index (χ3v) is 3.89. The molecule has 0 saturated heterocycles. The number of hydrogen-bond acceptors (Lipinski definition) is 3. The Balaban J connectivity index is 2.15. The maximum absolute atomic E-state index is 12.2. The Bertz CT molecular complexity index is 663. The Morgan fingerprint density at radius 2 is 2.15 bits per heavy atom. The standard InChI is InChI=1S/C14H17BrN4O/c1-8-12(4-11(15)5-13(8)16)14(20)17-6-10-7-18-19(3)9(10)2/h4-5,7H,6,16H2,1-3H3,(H,17,20). The van der Waals surface area contributed by atoms with Crippen LogP contribution in [-0.2, 0) is 13.6 Å². The molecule has 3 N–H and O–H groups in total. The molecule has 0 aliphatic rings. The van der Waals surface area contributed by atoms with Crippen LogP contribution in [0, 0.1) is 13.8 Å². The van der Waals surface area contributed by atoms with Crippen molar-refractivity contribution in [3.8, 4) is 0 Å². The zero-order valence-electron chi connectivity index (χ0n) is 11.7. The van der Waals surface area contributed by atoms with Crippen molar-refractivity contribution in [2.45, 2.75) is 20.4 Å². The summed E-state index contributed by atoms with van der Waals surface area (Å²) >= 11 is 3.35. The second-order valence-electron chi connectivity index (χ2n) is 4.73. The first kappa shape index (κ1) is 14.6. The van der Waals surface area contributed by atoms with Gasteiger partial charge < -0.3 is 11.1 Å². The lowest BCUT2D eigenvalue weighted by Gasteiger charge is -2.10. The molecule has 0 atom stereocenters.